The first kappa shape index (κ1) is 11.8. The molecule has 3 rings (SSSR count). The minimum absolute atomic E-state index is 0.315. The molecule has 4 nitrogen and oxygen atoms in total. The molecule has 0 aliphatic carbocycles. The molecule has 1 aromatic rings. The van der Waals surface area contributed by atoms with Crippen molar-refractivity contribution in [2.75, 3.05) is 19.9 Å². The van der Waals surface area contributed by atoms with Crippen molar-refractivity contribution in [2.24, 2.45) is 5.73 Å². The normalized spacial score (nSPS) is 25.1. The van der Waals surface area contributed by atoms with Gasteiger partial charge in [-0.3, -0.25) is 4.90 Å². The molecule has 98 valence electrons. The smallest absolute Gasteiger partial charge is 0.231 e. The summed E-state index contributed by atoms with van der Waals surface area (Å²) < 4.78 is 10.8. The number of rotatable bonds is 2. The number of ether oxygens (including phenoxy) is 2. The number of hydrogen-bond acceptors (Lipinski definition) is 4. The van der Waals surface area contributed by atoms with Gasteiger partial charge in [0, 0.05) is 18.6 Å². The van der Waals surface area contributed by atoms with Gasteiger partial charge in [0.2, 0.25) is 6.79 Å². The standard InChI is InChI=1S/C14H20N2O2/c1-10(16-6-2-3-12(15)8-16)11-4-5-13-14(7-11)18-9-17-13/h4-5,7,10,12H,2-3,6,8-9,15H2,1H3. The van der Waals surface area contributed by atoms with Gasteiger partial charge >= 0.3 is 0 Å². The minimum Gasteiger partial charge on any atom is -0.454 e. The van der Waals surface area contributed by atoms with Crippen molar-refractivity contribution in [1.82, 2.24) is 4.90 Å². The molecule has 18 heavy (non-hydrogen) atoms. The molecule has 2 unspecified atom stereocenters. The molecule has 0 radical (unpaired) electrons. The average molecular weight is 248 g/mol. The number of piperidine rings is 1. The van der Waals surface area contributed by atoms with Crippen LogP contribution in [0.4, 0.5) is 0 Å². The molecule has 2 aliphatic heterocycles. The van der Waals surface area contributed by atoms with E-state index in [4.69, 9.17) is 15.2 Å². The Bertz CT molecular complexity index is 436. The van der Waals surface area contributed by atoms with Crippen LogP contribution < -0.4 is 15.2 Å². The summed E-state index contributed by atoms with van der Waals surface area (Å²) in [7, 11) is 0. The summed E-state index contributed by atoms with van der Waals surface area (Å²) in [6, 6.07) is 6.91. The molecule has 1 fully saturated rings. The summed E-state index contributed by atoms with van der Waals surface area (Å²) in [5, 5.41) is 0. The summed E-state index contributed by atoms with van der Waals surface area (Å²) >= 11 is 0. The highest BCUT2D eigenvalue weighted by molar-refractivity contribution is 5.45. The number of fused-ring (bicyclic) bond motifs is 1. The van der Waals surface area contributed by atoms with Gasteiger partial charge < -0.3 is 15.2 Å². The highest BCUT2D eigenvalue weighted by Crippen LogP contribution is 2.35. The molecule has 0 saturated carbocycles. The first-order valence-electron chi connectivity index (χ1n) is 6.63. The monoisotopic (exact) mass is 248 g/mol. The molecule has 4 heteroatoms. The number of likely N-dealkylation sites (tertiary alicyclic amines) is 1. The Labute approximate surface area is 108 Å². The van der Waals surface area contributed by atoms with Gasteiger partial charge in [-0.2, -0.15) is 0 Å². The maximum absolute atomic E-state index is 6.04. The molecule has 0 spiro atoms. The van der Waals surface area contributed by atoms with Gasteiger partial charge in [0.05, 0.1) is 0 Å². The van der Waals surface area contributed by atoms with E-state index >= 15 is 0 Å². The van der Waals surface area contributed by atoms with Crippen LogP contribution in [0.15, 0.2) is 18.2 Å². The van der Waals surface area contributed by atoms with Crippen LogP contribution >= 0.6 is 0 Å². The van der Waals surface area contributed by atoms with E-state index in [0.29, 0.717) is 18.9 Å². The predicted molar refractivity (Wildman–Crippen MR) is 69.8 cm³/mol. The molecule has 0 amide bonds. The van der Waals surface area contributed by atoms with Crippen LogP contribution in [-0.2, 0) is 0 Å². The lowest BCUT2D eigenvalue weighted by molar-refractivity contribution is 0.159. The van der Waals surface area contributed by atoms with Gasteiger partial charge in [-0.15, -0.1) is 0 Å². The van der Waals surface area contributed by atoms with Crippen molar-refractivity contribution < 1.29 is 9.47 Å². The molecule has 2 aliphatic rings. The van der Waals surface area contributed by atoms with Crippen LogP contribution in [0, 0.1) is 0 Å². The third kappa shape index (κ3) is 2.18. The highest BCUT2D eigenvalue weighted by atomic mass is 16.7. The van der Waals surface area contributed by atoms with Crippen molar-refractivity contribution in [3.63, 3.8) is 0 Å². The third-order valence-corrected chi connectivity index (χ3v) is 3.92. The second-order valence-corrected chi connectivity index (χ2v) is 5.19. The predicted octanol–water partition coefficient (Wildman–Crippen LogP) is 1.90. The molecular formula is C14H20N2O2. The topological polar surface area (TPSA) is 47.7 Å². The van der Waals surface area contributed by atoms with Crippen molar-refractivity contribution in [3.05, 3.63) is 23.8 Å². The lowest BCUT2D eigenvalue weighted by Gasteiger charge is -2.35. The highest BCUT2D eigenvalue weighted by Gasteiger charge is 2.23. The fourth-order valence-corrected chi connectivity index (χ4v) is 2.78. The van der Waals surface area contributed by atoms with Crippen LogP contribution in [0.3, 0.4) is 0 Å². The molecular weight excluding hydrogens is 228 g/mol. The van der Waals surface area contributed by atoms with E-state index in [-0.39, 0.29) is 0 Å². The molecule has 1 saturated heterocycles. The van der Waals surface area contributed by atoms with E-state index in [0.717, 1.165) is 31.0 Å². The quantitative estimate of drug-likeness (QED) is 0.868. The maximum atomic E-state index is 6.04. The van der Waals surface area contributed by atoms with Crippen molar-refractivity contribution in [1.29, 1.82) is 0 Å². The molecule has 2 atom stereocenters. The molecule has 1 aromatic carbocycles. The Kier molecular flexibility index (Phi) is 3.14. The van der Waals surface area contributed by atoms with Crippen molar-refractivity contribution in [3.8, 4) is 11.5 Å². The number of nitrogens with zero attached hydrogens (tertiary/aromatic N) is 1. The number of nitrogens with two attached hydrogens (primary N) is 1. The minimum atomic E-state index is 0.315. The fraction of sp³-hybridized carbons (Fsp3) is 0.571. The summed E-state index contributed by atoms with van der Waals surface area (Å²) in [6.45, 7) is 4.68. The van der Waals surface area contributed by atoms with E-state index in [2.05, 4.69) is 24.0 Å². The summed E-state index contributed by atoms with van der Waals surface area (Å²) in [4.78, 5) is 2.45. The molecule has 2 heterocycles. The van der Waals surface area contributed by atoms with E-state index in [1.807, 2.05) is 6.07 Å². The van der Waals surface area contributed by atoms with Crippen LogP contribution in [0.5, 0.6) is 11.5 Å². The zero-order valence-electron chi connectivity index (χ0n) is 10.8. The maximum Gasteiger partial charge on any atom is 0.231 e. The van der Waals surface area contributed by atoms with Gasteiger partial charge in [-0.05, 0) is 44.0 Å². The van der Waals surface area contributed by atoms with E-state index in [1.54, 1.807) is 0 Å². The average Bonchev–Trinajstić information content (AvgIpc) is 2.85. The van der Waals surface area contributed by atoms with E-state index < -0.39 is 0 Å². The second kappa shape index (κ2) is 4.78. The zero-order chi connectivity index (χ0) is 12.5. The Morgan fingerprint density at radius 1 is 1.33 bits per heavy atom. The lowest BCUT2D eigenvalue weighted by Crippen LogP contribution is -2.43. The second-order valence-electron chi connectivity index (χ2n) is 5.19. The Hall–Kier alpha value is -1.26. The largest absolute Gasteiger partial charge is 0.454 e. The van der Waals surface area contributed by atoms with Crippen LogP contribution in [0.1, 0.15) is 31.4 Å². The van der Waals surface area contributed by atoms with E-state index in [1.165, 1.54) is 12.0 Å². The first-order valence-corrected chi connectivity index (χ1v) is 6.63. The summed E-state index contributed by atoms with van der Waals surface area (Å²) in [6.07, 6.45) is 2.33. The zero-order valence-corrected chi connectivity index (χ0v) is 10.8. The van der Waals surface area contributed by atoms with Crippen LogP contribution in [0.2, 0.25) is 0 Å². The van der Waals surface area contributed by atoms with Crippen molar-refractivity contribution in [2.45, 2.75) is 31.8 Å². The van der Waals surface area contributed by atoms with Crippen molar-refractivity contribution >= 4 is 0 Å². The molecule has 0 aromatic heterocycles. The SMILES string of the molecule is CC(c1ccc2c(c1)OCO2)N1CCCC(N)C1. The Morgan fingerprint density at radius 2 is 2.17 bits per heavy atom. The summed E-state index contributed by atoms with van der Waals surface area (Å²) in [5.74, 6) is 1.71. The lowest BCUT2D eigenvalue weighted by atomic mass is 10.0. The van der Waals surface area contributed by atoms with Crippen LogP contribution in [0.25, 0.3) is 0 Å². The van der Waals surface area contributed by atoms with Gasteiger partial charge in [0.1, 0.15) is 0 Å². The number of benzene rings is 1. The molecule has 0 bridgehead atoms. The van der Waals surface area contributed by atoms with Gasteiger partial charge in [-0.25, -0.2) is 0 Å². The van der Waals surface area contributed by atoms with Gasteiger partial charge in [0.15, 0.2) is 11.5 Å². The Morgan fingerprint density at radius 3 is 3.00 bits per heavy atom. The van der Waals surface area contributed by atoms with Gasteiger partial charge in [-0.1, -0.05) is 6.07 Å². The van der Waals surface area contributed by atoms with Gasteiger partial charge in [0.25, 0.3) is 0 Å². The first-order chi connectivity index (χ1) is 8.74. The van der Waals surface area contributed by atoms with E-state index in [9.17, 15) is 0 Å². The summed E-state index contributed by atoms with van der Waals surface area (Å²) in [5.41, 5.74) is 7.32. The fourth-order valence-electron chi connectivity index (χ4n) is 2.78. The van der Waals surface area contributed by atoms with Crippen LogP contribution in [-0.4, -0.2) is 30.8 Å². The Balaban J connectivity index is 1.77. The number of hydrogen-bond donors (Lipinski definition) is 1. The third-order valence-electron chi connectivity index (χ3n) is 3.92. The molecule has 2 N–H and O–H groups in total.